The molecule has 0 spiro atoms. The number of hydrazone groups is 1. The molecule has 0 bridgehead atoms. The number of nitrogens with zero attached hydrogens (tertiary/aromatic N) is 3. The Morgan fingerprint density at radius 2 is 1.96 bits per heavy atom. The molecule has 0 radical (unpaired) electrons. The van der Waals surface area contributed by atoms with E-state index < -0.39 is 0 Å². The molecule has 3 rings (SSSR count). The lowest BCUT2D eigenvalue weighted by atomic mass is 10.2. The van der Waals surface area contributed by atoms with Crippen molar-refractivity contribution in [3.8, 4) is 5.69 Å². The average Bonchev–Trinajstić information content (AvgIpc) is 2.90. The summed E-state index contributed by atoms with van der Waals surface area (Å²) in [4.78, 5) is 15.9. The van der Waals surface area contributed by atoms with E-state index in [1.807, 2.05) is 44.2 Å². The van der Waals surface area contributed by atoms with Crippen molar-refractivity contribution in [2.75, 3.05) is 0 Å². The third-order valence-corrected chi connectivity index (χ3v) is 4.07. The number of carbonyl (C=O) groups is 1. The number of pyridine rings is 1. The predicted molar refractivity (Wildman–Crippen MR) is 99.6 cm³/mol. The van der Waals surface area contributed by atoms with Crippen LogP contribution in [-0.2, 0) is 0 Å². The molecule has 0 aliphatic heterocycles. The van der Waals surface area contributed by atoms with Gasteiger partial charge < -0.3 is 4.57 Å². The predicted octanol–water partition coefficient (Wildman–Crippen LogP) is 3.91. The van der Waals surface area contributed by atoms with Crippen LogP contribution < -0.4 is 5.43 Å². The zero-order valence-corrected chi connectivity index (χ0v) is 14.7. The minimum absolute atomic E-state index is 0.325. The Bertz CT molecular complexity index is 915. The summed E-state index contributed by atoms with van der Waals surface area (Å²) < 4.78 is 2.11. The van der Waals surface area contributed by atoms with Crippen molar-refractivity contribution in [3.05, 3.63) is 82.4 Å². The zero-order valence-electron chi connectivity index (χ0n) is 13.9. The Morgan fingerprint density at radius 1 is 1.20 bits per heavy atom. The molecule has 0 saturated carbocycles. The van der Waals surface area contributed by atoms with Gasteiger partial charge in [-0.3, -0.25) is 9.78 Å². The number of rotatable bonds is 4. The Hall–Kier alpha value is -2.92. The third-order valence-electron chi connectivity index (χ3n) is 3.82. The smallest absolute Gasteiger partial charge is 0.289 e. The molecule has 25 heavy (non-hydrogen) atoms. The van der Waals surface area contributed by atoms with E-state index in [9.17, 15) is 4.79 Å². The lowest BCUT2D eigenvalue weighted by Gasteiger charge is -2.09. The lowest BCUT2D eigenvalue weighted by Crippen LogP contribution is -2.18. The molecule has 3 aromatic rings. The maximum atomic E-state index is 11.9. The van der Waals surface area contributed by atoms with Gasteiger partial charge in [-0.2, -0.15) is 5.10 Å². The van der Waals surface area contributed by atoms with Crippen molar-refractivity contribution in [2.45, 2.75) is 13.8 Å². The van der Waals surface area contributed by atoms with E-state index in [1.165, 1.54) is 0 Å². The summed E-state index contributed by atoms with van der Waals surface area (Å²) in [5.41, 5.74) is 6.86. The maximum Gasteiger partial charge on any atom is 0.289 e. The highest BCUT2D eigenvalue weighted by molar-refractivity contribution is 6.30. The van der Waals surface area contributed by atoms with Gasteiger partial charge in [0, 0.05) is 33.9 Å². The molecule has 0 saturated heterocycles. The molecule has 2 heterocycles. The molecule has 0 fully saturated rings. The highest BCUT2D eigenvalue weighted by Crippen LogP contribution is 2.21. The van der Waals surface area contributed by atoms with Crippen LogP contribution in [0.3, 0.4) is 0 Å². The molecule has 0 aliphatic rings. The van der Waals surface area contributed by atoms with Gasteiger partial charge in [-0.05, 0) is 56.3 Å². The van der Waals surface area contributed by atoms with Crippen molar-refractivity contribution in [1.82, 2.24) is 15.0 Å². The van der Waals surface area contributed by atoms with Gasteiger partial charge in [-0.15, -0.1) is 0 Å². The molecule has 0 atom stereocenters. The highest BCUT2D eigenvalue weighted by atomic mass is 35.5. The maximum absolute atomic E-state index is 11.9. The highest BCUT2D eigenvalue weighted by Gasteiger charge is 2.10. The van der Waals surface area contributed by atoms with Crippen molar-refractivity contribution in [3.63, 3.8) is 0 Å². The van der Waals surface area contributed by atoms with Gasteiger partial charge in [0.25, 0.3) is 5.91 Å². The van der Waals surface area contributed by atoms with Crippen LogP contribution in [0.1, 0.15) is 27.4 Å². The van der Waals surface area contributed by atoms with Crippen LogP contribution in [0.4, 0.5) is 0 Å². The summed E-state index contributed by atoms with van der Waals surface area (Å²) in [6, 6.07) is 14.8. The summed E-state index contributed by atoms with van der Waals surface area (Å²) in [6.45, 7) is 4.02. The molecule has 2 aromatic heterocycles. The fourth-order valence-corrected chi connectivity index (χ4v) is 2.75. The fraction of sp³-hybridized carbons (Fsp3) is 0.105. The van der Waals surface area contributed by atoms with Crippen molar-refractivity contribution >= 4 is 23.7 Å². The van der Waals surface area contributed by atoms with Gasteiger partial charge in [-0.25, -0.2) is 5.43 Å². The Balaban J connectivity index is 1.79. The second-order valence-corrected chi connectivity index (χ2v) is 5.99. The van der Waals surface area contributed by atoms with E-state index in [1.54, 1.807) is 30.6 Å². The fourth-order valence-electron chi connectivity index (χ4n) is 2.62. The van der Waals surface area contributed by atoms with E-state index >= 15 is 0 Å². The van der Waals surface area contributed by atoms with Crippen molar-refractivity contribution in [2.24, 2.45) is 5.10 Å². The average molecular weight is 353 g/mol. The summed E-state index contributed by atoms with van der Waals surface area (Å²) in [7, 11) is 0. The first-order chi connectivity index (χ1) is 12.1. The van der Waals surface area contributed by atoms with Crippen LogP contribution in [0.2, 0.25) is 5.02 Å². The number of hydrogen-bond acceptors (Lipinski definition) is 3. The molecular formula is C19H17ClN4O. The molecule has 1 amide bonds. The molecule has 0 unspecified atom stereocenters. The van der Waals surface area contributed by atoms with E-state index in [0.29, 0.717) is 10.7 Å². The van der Waals surface area contributed by atoms with E-state index in [2.05, 4.69) is 20.1 Å². The Morgan fingerprint density at radius 3 is 2.64 bits per heavy atom. The first-order valence-corrected chi connectivity index (χ1v) is 8.13. The largest absolute Gasteiger partial charge is 0.318 e. The quantitative estimate of drug-likeness (QED) is 0.571. The number of aryl methyl sites for hydroxylation is 1. The number of amides is 1. The number of halogens is 1. The summed E-state index contributed by atoms with van der Waals surface area (Å²) in [5, 5.41) is 4.74. The van der Waals surface area contributed by atoms with Crippen molar-refractivity contribution < 1.29 is 4.79 Å². The van der Waals surface area contributed by atoms with Crippen LogP contribution in [0.5, 0.6) is 0 Å². The summed E-state index contributed by atoms with van der Waals surface area (Å²) >= 11 is 5.96. The number of carbonyl (C=O) groups excluding carboxylic acids is 1. The van der Waals surface area contributed by atoms with Crippen molar-refractivity contribution in [1.29, 1.82) is 0 Å². The van der Waals surface area contributed by atoms with Gasteiger partial charge in [0.1, 0.15) is 5.69 Å². The summed E-state index contributed by atoms with van der Waals surface area (Å²) in [6.07, 6.45) is 3.20. The molecule has 6 heteroatoms. The van der Waals surface area contributed by atoms with Gasteiger partial charge in [0.05, 0.1) is 6.21 Å². The summed E-state index contributed by atoms with van der Waals surface area (Å²) in [5.74, 6) is -0.344. The SMILES string of the molecule is Cc1cc(/C=N\NC(=O)c2ccccn2)c(C)n1-c1ccc(Cl)cc1. The van der Waals surface area contributed by atoms with Gasteiger partial charge >= 0.3 is 0 Å². The van der Waals surface area contributed by atoms with Crippen LogP contribution >= 0.6 is 11.6 Å². The lowest BCUT2D eigenvalue weighted by molar-refractivity contribution is 0.0950. The normalized spacial score (nSPS) is 11.0. The van der Waals surface area contributed by atoms with Crippen LogP contribution in [0.25, 0.3) is 5.69 Å². The van der Waals surface area contributed by atoms with Gasteiger partial charge in [0.2, 0.25) is 0 Å². The molecule has 1 aromatic carbocycles. The van der Waals surface area contributed by atoms with E-state index in [0.717, 1.165) is 22.6 Å². The topological polar surface area (TPSA) is 59.3 Å². The van der Waals surface area contributed by atoms with Gasteiger partial charge in [0.15, 0.2) is 0 Å². The first kappa shape index (κ1) is 16.9. The standard InChI is InChI=1S/C19H17ClN4O/c1-13-11-15(12-22-23-19(25)18-5-3-4-10-21-18)14(2)24(13)17-8-6-16(20)7-9-17/h3-12H,1-2H3,(H,23,25)/b22-12-. The third kappa shape index (κ3) is 3.78. The first-order valence-electron chi connectivity index (χ1n) is 7.75. The molecule has 5 nitrogen and oxygen atoms in total. The van der Waals surface area contributed by atoms with Crippen LogP contribution in [0, 0.1) is 13.8 Å². The second kappa shape index (κ2) is 7.32. The second-order valence-electron chi connectivity index (χ2n) is 5.55. The Kier molecular flexibility index (Phi) is 4.95. The molecule has 1 N–H and O–H groups in total. The molecular weight excluding hydrogens is 336 g/mol. The zero-order chi connectivity index (χ0) is 17.8. The van der Waals surface area contributed by atoms with Gasteiger partial charge in [-0.1, -0.05) is 17.7 Å². The van der Waals surface area contributed by atoms with E-state index in [-0.39, 0.29) is 5.91 Å². The molecule has 126 valence electrons. The number of nitrogens with one attached hydrogen (secondary N) is 1. The number of aromatic nitrogens is 2. The van der Waals surface area contributed by atoms with Crippen LogP contribution in [0.15, 0.2) is 59.8 Å². The minimum Gasteiger partial charge on any atom is -0.318 e. The van der Waals surface area contributed by atoms with E-state index in [4.69, 9.17) is 11.6 Å². The number of benzene rings is 1. The monoisotopic (exact) mass is 352 g/mol. The Labute approximate surface area is 151 Å². The van der Waals surface area contributed by atoms with Crippen LogP contribution in [-0.4, -0.2) is 21.7 Å². The number of hydrogen-bond donors (Lipinski definition) is 1. The minimum atomic E-state index is -0.344. The molecule has 0 aliphatic carbocycles.